The molecular formula is C32H50FNO2. The summed E-state index contributed by atoms with van der Waals surface area (Å²) in [5.74, 6) is 0.546. The molecule has 36 heavy (non-hydrogen) atoms. The second-order valence-corrected chi connectivity index (χ2v) is 10.0. The number of ether oxygens (including phenoxy) is 2. The van der Waals surface area contributed by atoms with Gasteiger partial charge in [0.25, 0.3) is 5.95 Å². The molecule has 0 aliphatic rings. The highest BCUT2D eigenvalue weighted by Crippen LogP contribution is 2.25. The summed E-state index contributed by atoms with van der Waals surface area (Å²) in [5, 5.41) is 0. The average Bonchev–Trinajstić information content (AvgIpc) is 2.90. The van der Waals surface area contributed by atoms with Crippen LogP contribution in [-0.2, 0) is 0 Å². The Balaban J connectivity index is 1.61. The number of halogens is 1. The zero-order valence-electron chi connectivity index (χ0n) is 23.0. The summed E-state index contributed by atoms with van der Waals surface area (Å²) in [6.07, 6.45) is 21.6. The maximum atomic E-state index is 14.5. The lowest BCUT2D eigenvalue weighted by Gasteiger charge is -2.09. The molecule has 0 N–H and O–H groups in total. The Hall–Kier alpha value is -2.10. The molecule has 4 heteroatoms. The van der Waals surface area contributed by atoms with Crippen molar-refractivity contribution in [3.8, 4) is 22.8 Å². The summed E-state index contributed by atoms with van der Waals surface area (Å²) in [4.78, 5) is 4.13. The molecule has 0 radical (unpaired) electrons. The normalized spacial score (nSPS) is 11.1. The van der Waals surface area contributed by atoms with Gasteiger partial charge in [-0.25, -0.2) is 4.98 Å². The van der Waals surface area contributed by atoms with Crippen LogP contribution in [-0.4, -0.2) is 18.2 Å². The average molecular weight is 500 g/mol. The van der Waals surface area contributed by atoms with E-state index in [1.54, 1.807) is 6.07 Å². The minimum Gasteiger partial charge on any atom is -0.494 e. The third-order valence-electron chi connectivity index (χ3n) is 6.74. The van der Waals surface area contributed by atoms with E-state index in [1.807, 2.05) is 30.3 Å². The van der Waals surface area contributed by atoms with E-state index in [2.05, 4.69) is 18.8 Å². The first-order valence-corrected chi connectivity index (χ1v) is 14.8. The first-order valence-electron chi connectivity index (χ1n) is 14.8. The minimum absolute atomic E-state index is 0.239. The zero-order valence-corrected chi connectivity index (χ0v) is 23.0. The fraction of sp³-hybridized carbons (Fsp3) is 0.656. The van der Waals surface area contributed by atoms with Crippen LogP contribution in [0.4, 0.5) is 4.39 Å². The van der Waals surface area contributed by atoms with Crippen molar-refractivity contribution in [3.05, 3.63) is 42.3 Å². The van der Waals surface area contributed by atoms with Crippen molar-refractivity contribution in [2.75, 3.05) is 13.2 Å². The third-order valence-corrected chi connectivity index (χ3v) is 6.74. The Bertz CT molecular complexity index is 793. The van der Waals surface area contributed by atoms with Crippen molar-refractivity contribution in [3.63, 3.8) is 0 Å². The van der Waals surface area contributed by atoms with Crippen molar-refractivity contribution >= 4 is 0 Å². The van der Waals surface area contributed by atoms with E-state index in [4.69, 9.17) is 9.47 Å². The molecule has 1 heterocycles. The van der Waals surface area contributed by atoms with Crippen LogP contribution < -0.4 is 9.47 Å². The van der Waals surface area contributed by atoms with E-state index in [-0.39, 0.29) is 5.75 Å². The highest BCUT2D eigenvalue weighted by atomic mass is 19.1. The fourth-order valence-electron chi connectivity index (χ4n) is 4.43. The quantitative estimate of drug-likeness (QED) is 0.119. The second kappa shape index (κ2) is 20.0. The lowest BCUT2D eigenvalue weighted by Crippen LogP contribution is -2.01. The van der Waals surface area contributed by atoms with E-state index >= 15 is 0 Å². The molecule has 2 rings (SSSR count). The van der Waals surface area contributed by atoms with Crippen LogP contribution in [0.25, 0.3) is 11.3 Å². The van der Waals surface area contributed by atoms with Gasteiger partial charge in [0, 0.05) is 5.56 Å². The number of hydrogen-bond acceptors (Lipinski definition) is 3. The van der Waals surface area contributed by atoms with Gasteiger partial charge in [-0.3, -0.25) is 0 Å². The Kier molecular flexibility index (Phi) is 16.7. The van der Waals surface area contributed by atoms with Crippen molar-refractivity contribution in [1.29, 1.82) is 0 Å². The number of aromatic nitrogens is 1. The number of pyridine rings is 1. The van der Waals surface area contributed by atoms with Gasteiger partial charge in [-0.15, -0.1) is 0 Å². The molecule has 0 aliphatic heterocycles. The smallest absolute Gasteiger partial charge is 0.255 e. The first-order chi connectivity index (χ1) is 17.7. The number of nitrogens with zero attached hydrogens (tertiary/aromatic N) is 1. The molecule has 0 unspecified atom stereocenters. The van der Waals surface area contributed by atoms with Gasteiger partial charge in [-0.1, -0.05) is 110 Å². The molecule has 1 aromatic heterocycles. The minimum atomic E-state index is -0.543. The molecular weight excluding hydrogens is 449 g/mol. The van der Waals surface area contributed by atoms with Crippen molar-refractivity contribution in [2.45, 2.75) is 123 Å². The van der Waals surface area contributed by atoms with Crippen LogP contribution in [0.1, 0.15) is 123 Å². The number of benzene rings is 1. The predicted octanol–water partition coefficient (Wildman–Crippen LogP) is 10.3. The van der Waals surface area contributed by atoms with Gasteiger partial charge in [-0.05, 0) is 49.2 Å². The van der Waals surface area contributed by atoms with Crippen molar-refractivity contribution in [2.24, 2.45) is 0 Å². The maximum absolute atomic E-state index is 14.5. The summed E-state index contributed by atoms with van der Waals surface area (Å²) < 4.78 is 26.0. The van der Waals surface area contributed by atoms with E-state index in [1.165, 1.54) is 89.9 Å². The van der Waals surface area contributed by atoms with E-state index in [0.717, 1.165) is 37.2 Å². The summed E-state index contributed by atoms with van der Waals surface area (Å²) in [6.45, 7) is 5.78. The zero-order chi connectivity index (χ0) is 25.7. The molecule has 0 aliphatic carbocycles. The van der Waals surface area contributed by atoms with Crippen LogP contribution in [0, 0.1) is 5.95 Å². The van der Waals surface area contributed by atoms with E-state index in [9.17, 15) is 4.39 Å². The molecule has 0 atom stereocenters. The molecule has 0 saturated carbocycles. The fourth-order valence-corrected chi connectivity index (χ4v) is 4.43. The molecule has 0 bridgehead atoms. The van der Waals surface area contributed by atoms with Crippen LogP contribution >= 0.6 is 0 Å². The summed E-state index contributed by atoms with van der Waals surface area (Å²) in [7, 11) is 0. The SMILES string of the molecule is CCCCCCCCCCCOc1ccc(-c2ccc(OCCCCCCCCCC)cc2)nc1F. The van der Waals surface area contributed by atoms with Gasteiger partial charge >= 0.3 is 0 Å². The molecule has 202 valence electrons. The van der Waals surface area contributed by atoms with Crippen molar-refractivity contribution < 1.29 is 13.9 Å². The maximum Gasteiger partial charge on any atom is 0.255 e. The third kappa shape index (κ3) is 13.3. The molecule has 0 saturated heterocycles. The lowest BCUT2D eigenvalue weighted by molar-refractivity contribution is 0.286. The Morgan fingerprint density at radius 3 is 1.53 bits per heavy atom. The highest BCUT2D eigenvalue weighted by Gasteiger charge is 2.08. The molecule has 3 nitrogen and oxygen atoms in total. The Labute approximate surface area is 220 Å². The number of unbranched alkanes of at least 4 members (excludes halogenated alkanes) is 15. The molecule has 0 spiro atoms. The number of hydrogen-bond donors (Lipinski definition) is 0. The van der Waals surface area contributed by atoms with Gasteiger partial charge in [0.05, 0.1) is 18.9 Å². The van der Waals surface area contributed by atoms with Crippen LogP contribution in [0.5, 0.6) is 11.5 Å². The van der Waals surface area contributed by atoms with E-state index < -0.39 is 5.95 Å². The molecule has 0 fully saturated rings. The molecule has 2 aromatic rings. The lowest BCUT2D eigenvalue weighted by atomic mass is 10.1. The topological polar surface area (TPSA) is 31.4 Å². The first kappa shape index (κ1) is 30.1. The van der Waals surface area contributed by atoms with Gasteiger partial charge in [-0.2, -0.15) is 4.39 Å². The monoisotopic (exact) mass is 499 g/mol. The van der Waals surface area contributed by atoms with Crippen LogP contribution in [0.3, 0.4) is 0 Å². The summed E-state index contributed by atoms with van der Waals surface area (Å²) >= 11 is 0. The van der Waals surface area contributed by atoms with Crippen LogP contribution in [0.2, 0.25) is 0 Å². The Morgan fingerprint density at radius 1 is 0.556 bits per heavy atom. The highest BCUT2D eigenvalue weighted by molar-refractivity contribution is 5.60. The summed E-state index contributed by atoms with van der Waals surface area (Å²) in [6, 6.07) is 11.3. The molecule has 1 aromatic carbocycles. The standard InChI is InChI=1S/C32H50FNO2/c1-3-5-7-9-11-13-15-17-19-27-36-31-25-24-30(34-32(31)33)28-20-22-29(23-21-28)35-26-18-16-14-12-10-8-6-4-2/h20-25H,3-19,26-27H2,1-2H3. The van der Waals surface area contributed by atoms with Crippen LogP contribution in [0.15, 0.2) is 36.4 Å². The summed E-state index contributed by atoms with van der Waals surface area (Å²) in [5.41, 5.74) is 1.48. The van der Waals surface area contributed by atoms with E-state index in [0.29, 0.717) is 12.3 Å². The predicted molar refractivity (Wildman–Crippen MR) is 150 cm³/mol. The number of rotatable bonds is 22. The van der Waals surface area contributed by atoms with Gasteiger partial charge in [0.15, 0.2) is 5.75 Å². The van der Waals surface area contributed by atoms with Crippen molar-refractivity contribution in [1.82, 2.24) is 4.98 Å². The largest absolute Gasteiger partial charge is 0.494 e. The Morgan fingerprint density at radius 2 is 1.03 bits per heavy atom. The van der Waals surface area contributed by atoms with Gasteiger partial charge in [0.1, 0.15) is 5.75 Å². The second-order valence-electron chi connectivity index (χ2n) is 10.0. The molecule has 0 amide bonds. The van der Waals surface area contributed by atoms with Gasteiger partial charge in [0.2, 0.25) is 0 Å². The van der Waals surface area contributed by atoms with Gasteiger partial charge < -0.3 is 9.47 Å².